The Kier molecular flexibility index (Phi) is 4.64. The highest BCUT2D eigenvalue weighted by Crippen LogP contribution is 2.24. The van der Waals surface area contributed by atoms with E-state index >= 15 is 0 Å². The Labute approximate surface area is 118 Å². The maximum absolute atomic E-state index is 2.47. The van der Waals surface area contributed by atoms with Crippen molar-refractivity contribution in [1.29, 1.82) is 0 Å². The lowest BCUT2D eigenvalue weighted by Gasteiger charge is -2.43. The molecule has 0 saturated carbocycles. The van der Waals surface area contributed by atoms with Gasteiger partial charge in [-0.25, -0.2) is 0 Å². The maximum Gasteiger partial charge on any atom is 0.0730 e. The fraction of sp³-hybridized carbons (Fsp3) is 0.538. The van der Waals surface area contributed by atoms with Gasteiger partial charge in [0.2, 0.25) is 0 Å². The maximum atomic E-state index is 2.47. The van der Waals surface area contributed by atoms with Gasteiger partial charge in [0.15, 0.2) is 0 Å². The SMILES string of the molecule is CCN1CN(CC)CN(c2ccccc2I)C1. The van der Waals surface area contributed by atoms with Crippen LogP contribution in [-0.2, 0) is 0 Å². The van der Waals surface area contributed by atoms with Crippen molar-refractivity contribution in [2.24, 2.45) is 0 Å². The van der Waals surface area contributed by atoms with Gasteiger partial charge in [-0.2, -0.15) is 0 Å². The van der Waals surface area contributed by atoms with Crippen molar-refractivity contribution in [3.63, 3.8) is 0 Å². The molecule has 1 saturated heterocycles. The van der Waals surface area contributed by atoms with Crippen molar-refractivity contribution < 1.29 is 0 Å². The van der Waals surface area contributed by atoms with Crippen LogP contribution in [0.3, 0.4) is 0 Å². The van der Waals surface area contributed by atoms with Crippen molar-refractivity contribution in [1.82, 2.24) is 9.80 Å². The molecule has 1 heterocycles. The van der Waals surface area contributed by atoms with Gasteiger partial charge in [-0.3, -0.25) is 9.80 Å². The minimum Gasteiger partial charge on any atom is -0.345 e. The van der Waals surface area contributed by atoms with Gasteiger partial charge in [-0.1, -0.05) is 26.0 Å². The Morgan fingerprint density at radius 3 is 2.12 bits per heavy atom. The standard InChI is InChI=1S/C13H20IN3/c1-3-15-9-16(4-2)11-17(10-15)13-8-6-5-7-12(13)14/h5-8H,3-4,9-11H2,1-2H3. The topological polar surface area (TPSA) is 9.72 Å². The molecule has 1 aliphatic heterocycles. The molecule has 0 bridgehead atoms. The number of halogens is 1. The van der Waals surface area contributed by atoms with E-state index in [-0.39, 0.29) is 0 Å². The highest BCUT2D eigenvalue weighted by molar-refractivity contribution is 14.1. The van der Waals surface area contributed by atoms with Crippen molar-refractivity contribution >= 4 is 28.3 Å². The molecule has 1 aromatic carbocycles. The molecule has 0 radical (unpaired) electrons. The van der Waals surface area contributed by atoms with E-state index in [1.165, 1.54) is 9.26 Å². The van der Waals surface area contributed by atoms with Crippen LogP contribution in [-0.4, -0.2) is 42.9 Å². The average molecular weight is 345 g/mol. The molecule has 1 fully saturated rings. The molecule has 94 valence electrons. The zero-order chi connectivity index (χ0) is 12.3. The van der Waals surface area contributed by atoms with E-state index in [2.05, 4.69) is 75.4 Å². The predicted octanol–water partition coefficient (Wildman–Crippen LogP) is 2.63. The van der Waals surface area contributed by atoms with Crippen molar-refractivity contribution in [2.45, 2.75) is 13.8 Å². The Bertz CT molecular complexity index is 357. The van der Waals surface area contributed by atoms with Gasteiger partial charge < -0.3 is 4.90 Å². The third-order valence-electron chi connectivity index (χ3n) is 3.23. The van der Waals surface area contributed by atoms with E-state index < -0.39 is 0 Å². The summed E-state index contributed by atoms with van der Waals surface area (Å²) in [6.07, 6.45) is 0. The monoisotopic (exact) mass is 345 g/mol. The van der Waals surface area contributed by atoms with Crippen LogP contribution in [0.5, 0.6) is 0 Å². The number of anilines is 1. The lowest BCUT2D eigenvalue weighted by atomic mass is 10.3. The summed E-state index contributed by atoms with van der Waals surface area (Å²) in [5, 5.41) is 0. The molecular weight excluding hydrogens is 325 g/mol. The number of rotatable bonds is 3. The second-order valence-corrected chi connectivity index (χ2v) is 5.55. The summed E-state index contributed by atoms with van der Waals surface area (Å²) in [5.74, 6) is 0. The largest absolute Gasteiger partial charge is 0.345 e. The van der Waals surface area contributed by atoms with Gasteiger partial charge in [0, 0.05) is 3.57 Å². The molecule has 0 N–H and O–H groups in total. The van der Waals surface area contributed by atoms with Crippen molar-refractivity contribution in [3.05, 3.63) is 27.8 Å². The first-order valence-corrected chi connectivity index (χ1v) is 7.26. The van der Waals surface area contributed by atoms with Crippen LogP contribution in [0, 0.1) is 3.57 Å². The van der Waals surface area contributed by atoms with E-state index in [4.69, 9.17) is 0 Å². The first kappa shape index (κ1) is 13.1. The first-order valence-electron chi connectivity index (χ1n) is 6.18. The van der Waals surface area contributed by atoms with Gasteiger partial charge in [-0.05, 0) is 47.8 Å². The number of benzene rings is 1. The summed E-state index contributed by atoms with van der Waals surface area (Å²) in [6, 6.07) is 8.62. The Hall–Kier alpha value is -0.330. The van der Waals surface area contributed by atoms with Crippen LogP contribution >= 0.6 is 22.6 Å². The third-order valence-corrected chi connectivity index (χ3v) is 4.14. The molecule has 17 heavy (non-hydrogen) atoms. The molecule has 0 spiro atoms. The lowest BCUT2D eigenvalue weighted by molar-refractivity contribution is 0.0970. The number of hydrogen-bond donors (Lipinski definition) is 0. The Balaban J connectivity index is 2.17. The van der Waals surface area contributed by atoms with Gasteiger partial charge in [0.05, 0.1) is 25.7 Å². The summed E-state index contributed by atoms with van der Waals surface area (Å²) in [7, 11) is 0. The molecule has 1 aromatic rings. The zero-order valence-electron chi connectivity index (χ0n) is 10.6. The minimum atomic E-state index is 1.03. The Morgan fingerprint density at radius 1 is 1.00 bits per heavy atom. The molecular formula is C13H20IN3. The summed E-state index contributed by atoms with van der Waals surface area (Å²) >= 11 is 2.42. The van der Waals surface area contributed by atoms with Crippen LogP contribution in [0.1, 0.15) is 13.8 Å². The normalized spacial score (nSPS) is 18.6. The summed E-state index contributed by atoms with van der Waals surface area (Å²) in [5.41, 5.74) is 1.35. The van der Waals surface area contributed by atoms with Crippen LogP contribution in [0.15, 0.2) is 24.3 Å². The Morgan fingerprint density at radius 2 is 1.59 bits per heavy atom. The first-order chi connectivity index (χ1) is 8.24. The highest BCUT2D eigenvalue weighted by atomic mass is 127. The molecule has 4 heteroatoms. The lowest BCUT2D eigenvalue weighted by Crippen LogP contribution is -2.55. The molecule has 0 atom stereocenters. The molecule has 0 unspecified atom stereocenters. The molecule has 1 aliphatic rings. The van der Waals surface area contributed by atoms with Gasteiger partial charge in [-0.15, -0.1) is 0 Å². The predicted molar refractivity (Wildman–Crippen MR) is 81.0 cm³/mol. The molecule has 0 aliphatic carbocycles. The summed E-state index contributed by atoms with van der Waals surface area (Å²) in [4.78, 5) is 7.39. The molecule has 0 amide bonds. The molecule has 2 rings (SSSR count). The van der Waals surface area contributed by atoms with Crippen LogP contribution in [0.4, 0.5) is 5.69 Å². The second-order valence-electron chi connectivity index (χ2n) is 4.39. The highest BCUT2D eigenvalue weighted by Gasteiger charge is 2.22. The number of nitrogens with zero attached hydrogens (tertiary/aromatic N) is 3. The summed E-state index contributed by atoms with van der Waals surface area (Å²) in [6.45, 7) is 9.83. The van der Waals surface area contributed by atoms with Crippen LogP contribution in [0.25, 0.3) is 0 Å². The summed E-state index contributed by atoms with van der Waals surface area (Å²) < 4.78 is 1.33. The van der Waals surface area contributed by atoms with Gasteiger partial charge in [0.25, 0.3) is 0 Å². The number of para-hydroxylation sites is 1. The molecule has 0 aromatic heterocycles. The quantitative estimate of drug-likeness (QED) is 0.780. The van der Waals surface area contributed by atoms with E-state index in [1.807, 2.05) is 0 Å². The van der Waals surface area contributed by atoms with Crippen molar-refractivity contribution in [3.8, 4) is 0 Å². The fourth-order valence-corrected chi connectivity index (χ4v) is 2.89. The third kappa shape index (κ3) is 3.11. The van der Waals surface area contributed by atoms with Crippen molar-refractivity contribution in [2.75, 3.05) is 38.0 Å². The van der Waals surface area contributed by atoms with E-state index in [0.29, 0.717) is 0 Å². The smallest absolute Gasteiger partial charge is 0.0730 e. The van der Waals surface area contributed by atoms with Crippen LogP contribution < -0.4 is 4.90 Å². The minimum absolute atomic E-state index is 1.03. The van der Waals surface area contributed by atoms with Crippen LogP contribution in [0.2, 0.25) is 0 Å². The molecule has 3 nitrogen and oxygen atoms in total. The zero-order valence-corrected chi connectivity index (χ0v) is 12.7. The number of hydrogen-bond acceptors (Lipinski definition) is 3. The fourth-order valence-electron chi connectivity index (χ4n) is 2.16. The van der Waals surface area contributed by atoms with E-state index in [0.717, 1.165) is 33.1 Å². The van der Waals surface area contributed by atoms with Gasteiger partial charge in [0.1, 0.15) is 0 Å². The average Bonchev–Trinajstić information content (AvgIpc) is 2.38. The van der Waals surface area contributed by atoms with E-state index in [1.54, 1.807) is 0 Å². The van der Waals surface area contributed by atoms with E-state index in [9.17, 15) is 0 Å². The second kappa shape index (κ2) is 6.02. The van der Waals surface area contributed by atoms with Gasteiger partial charge >= 0.3 is 0 Å².